The Hall–Kier alpha value is -1.35. The van der Waals surface area contributed by atoms with Crippen molar-refractivity contribution in [3.8, 4) is 0 Å². The van der Waals surface area contributed by atoms with Gasteiger partial charge in [-0.05, 0) is 39.8 Å². The molecule has 0 N–H and O–H groups in total. The van der Waals surface area contributed by atoms with Crippen molar-refractivity contribution in [1.82, 2.24) is 4.90 Å². The molecule has 0 spiro atoms. The van der Waals surface area contributed by atoms with E-state index in [1.165, 1.54) is 5.56 Å². The van der Waals surface area contributed by atoms with Crippen molar-refractivity contribution in [3.63, 3.8) is 0 Å². The third-order valence-corrected chi connectivity index (χ3v) is 3.30. The van der Waals surface area contributed by atoms with E-state index in [4.69, 9.17) is 4.74 Å². The maximum absolute atomic E-state index is 11.6. The summed E-state index contributed by atoms with van der Waals surface area (Å²) in [6, 6.07) is 10.0. The van der Waals surface area contributed by atoms with Crippen molar-refractivity contribution in [2.24, 2.45) is 0 Å². The first-order chi connectivity index (χ1) is 8.89. The standard InChI is InChI=1S/C16H25NO2/c1-16(2,3)17(4)12-13-19-15(18)11-10-14-8-6-5-7-9-14/h5-9H,10-13H2,1-4H3. The minimum absolute atomic E-state index is 0.108. The number of aryl methyl sites for hydroxylation is 1. The highest BCUT2D eigenvalue weighted by Gasteiger charge is 2.16. The molecule has 0 amide bonds. The molecule has 0 aliphatic heterocycles. The average molecular weight is 263 g/mol. The maximum Gasteiger partial charge on any atom is 0.306 e. The van der Waals surface area contributed by atoms with Crippen LogP contribution in [0.2, 0.25) is 0 Å². The molecule has 0 fully saturated rings. The predicted molar refractivity (Wildman–Crippen MR) is 78.1 cm³/mol. The first-order valence-electron chi connectivity index (χ1n) is 6.80. The number of benzene rings is 1. The molecular formula is C16H25NO2. The van der Waals surface area contributed by atoms with Crippen molar-refractivity contribution in [2.75, 3.05) is 20.2 Å². The van der Waals surface area contributed by atoms with Gasteiger partial charge in [0.05, 0.1) is 0 Å². The summed E-state index contributed by atoms with van der Waals surface area (Å²) >= 11 is 0. The molecule has 0 heterocycles. The largest absolute Gasteiger partial charge is 0.464 e. The number of likely N-dealkylation sites (N-methyl/N-ethyl adjacent to an activating group) is 1. The molecule has 19 heavy (non-hydrogen) atoms. The van der Waals surface area contributed by atoms with Gasteiger partial charge < -0.3 is 4.74 Å². The van der Waals surface area contributed by atoms with Gasteiger partial charge in [0.15, 0.2) is 0 Å². The second-order valence-corrected chi connectivity index (χ2v) is 5.80. The third-order valence-electron chi connectivity index (χ3n) is 3.30. The van der Waals surface area contributed by atoms with Gasteiger partial charge in [-0.25, -0.2) is 0 Å². The minimum atomic E-state index is -0.119. The summed E-state index contributed by atoms with van der Waals surface area (Å²) in [6.07, 6.45) is 1.19. The molecule has 0 saturated heterocycles. The highest BCUT2D eigenvalue weighted by molar-refractivity contribution is 5.69. The molecule has 3 nitrogen and oxygen atoms in total. The van der Waals surface area contributed by atoms with Crippen LogP contribution in [0.3, 0.4) is 0 Å². The SMILES string of the molecule is CN(CCOC(=O)CCc1ccccc1)C(C)(C)C. The summed E-state index contributed by atoms with van der Waals surface area (Å²) in [7, 11) is 2.04. The molecule has 0 aliphatic rings. The number of ether oxygens (including phenoxy) is 1. The molecule has 0 saturated carbocycles. The molecule has 0 unspecified atom stereocenters. The van der Waals surface area contributed by atoms with Crippen molar-refractivity contribution >= 4 is 5.97 Å². The van der Waals surface area contributed by atoms with Crippen LogP contribution in [0.4, 0.5) is 0 Å². The van der Waals surface area contributed by atoms with Gasteiger partial charge in [-0.3, -0.25) is 9.69 Å². The molecule has 3 heteroatoms. The number of hydrogen-bond acceptors (Lipinski definition) is 3. The number of carbonyl (C=O) groups excluding carboxylic acids is 1. The fourth-order valence-electron chi connectivity index (χ4n) is 1.60. The summed E-state index contributed by atoms with van der Waals surface area (Å²) < 4.78 is 5.25. The number of esters is 1. The van der Waals surface area contributed by atoms with Crippen LogP contribution < -0.4 is 0 Å². The highest BCUT2D eigenvalue weighted by Crippen LogP contribution is 2.09. The van der Waals surface area contributed by atoms with Gasteiger partial charge >= 0.3 is 5.97 Å². The van der Waals surface area contributed by atoms with Gasteiger partial charge in [-0.15, -0.1) is 0 Å². The smallest absolute Gasteiger partial charge is 0.306 e. The summed E-state index contributed by atoms with van der Waals surface area (Å²) in [5, 5.41) is 0. The lowest BCUT2D eigenvalue weighted by Crippen LogP contribution is -2.40. The van der Waals surface area contributed by atoms with E-state index in [-0.39, 0.29) is 11.5 Å². The van der Waals surface area contributed by atoms with E-state index in [0.29, 0.717) is 13.0 Å². The molecule has 0 aliphatic carbocycles. The second-order valence-electron chi connectivity index (χ2n) is 5.80. The Morgan fingerprint density at radius 3 is 2.42 bits per heavy atom. The van der Waals surface area contributed by atoms with Crippen LogP contribution >= 0.6 is 0 Å². The molecule has 1 rings (SSSR count). The van der Waals surface area contributed by atoms with Crippen LogP contribution in [0.1, 0.15) is 32.8 Å². The quantitative estimate of drug-likeness (QED) is 0.739. The van der Waals surface area contributed by atoms with Gasteiger partial charge in [0.25, 0.3) is 0 Å². The number of rotatable bonds is 6. The van der Waals surface area contributed by atoms with E-state index in [1.54, 1.807) is 0 Å². The van der Waals surface area contributed by atoms with Gasteiger partial charge in [-0.2, -0.15) is 0 Å². The van der Waals surface area contributed by atoms with Crippen LogP contribution in [0.5, 0.6) is 0 Å². The fraction of sp³-hybridized carbons (Fsp3) is 0.562. The van der Waals surface area contributed by atoms with Crippen LogP contribution in [-0.4, -0.2) is 36.6 Å². The van der Waals surface area contributed by atoms with Crippen molar-refractivity contribution < 1.29 is 9.53 Å². The zero-order valence-electron chi connectivity index (χ0n) is 12.5. The van der Waals surface area contributed by atoms with Crippen molar-refractivity contribution in [2.45, 2.75) is 39.2 Å². The topological polar surface area (TPSA) is 29.5 Å². The Balaban J connectivity index is 2.19. The molecule has 0 bridgehead atoms. The van der Waals surface area contributed by atoms with Crippen LogP contribution in [0.15, 0.2) is 30.3 Å². The summed E-state index contributed by atoms with van der Waals surface area (Å²) in [5.41, 5.74) is 1.28. The first-order valence-corrected chi connectivity index (χ1v) is 6.80. The minimum Gasteiger partial charge on any atom is -0.464 e. The second kappa shape index (κ2) is 7.29. The van der Waals surface area contributed by atoms with Crippen LogP contribution in [0.25, 0.3) is 0 Å². The zero-order valence-corrected chi connectivity index (χ0v) is 12.5. The van der Waals surface area contributed by atoms with Crippen molar-refractivity contribution in [1.29, 1.82) is 0 Å². The molecule has 106 valence electrons. The lowest BCUT2D eigenvalue weighted by molar-refractivity contribution is -0.144. The lowest BCUT2D eigenvalue weighted by atomic mass is 10.1. The van der Waals surface area contributed by atoms with E-state index >= 15 is 0 Å². The molecular weight excluding hydrogens is 238 g/mol. The van der Waals surface area contributed by atoms with Crippen LogP contribution in [-0.2, 0) is 16.0 Å². The number of nitrogens with zero attached hydrogens (tertiary/aromatic N) is 1. The van der Waals surface area contributed by atoms with E-state index in [9.17, 15) is 4.79 Å². The molecule has 0 radical (unpaired) electrons. The highest BCUT2D eigenvalue weighted by atomic mass is 16.5. The Bertz CT molecular complexity index is 381. The third kappa shape index (κ3) is 6.39. The number of carbonyl (C=O) groups is 1. The average Bonchev–Trinajstić information content (AvgIpc) is 2.36. The normalized spacial score (nSPS) is 11.6. The van der Waals surface area contributed by atoms with E-state index in [0.717, 1.165) is 13.0 Å². The predicted octanol–water partition coefficient (Wildman–Crippen LogP) is 2.89. The van der Waals surface area contributed by atoms with E-state index in [2.05, 4.69) is 25.7 Å². The van der Waals surface area contributed by atoms with Gasteiger partial charge in [-0.1, -0.05) is 30.3 Å². The zero-order chi connectivity index (χ0) is 14.3. The van der Waals surface area contributed by atoms with Crippen LogP contribution in [0, 0.1) is 0 Å². The van der Waals surface area contributed by atoms with Crippen molar-refractivity contribution in [3.05, 3.63) is 35.9 Å². The number of hydrogen-bond donors (Lipinski definition) is 0. The summed E-state index contributed by atoms with van der Waals surface area (Å²) in [4.78, 5) is 13.8. The van der Waals surface area contributed by atoms with E-state index < -0.39 is 0 Å². The maximum atomic E-state index is 11.6. The Morgan fingerprint density at radius 1 is 1.21 bits per heavy atom. The molecule has 0 aromatic heterocycles. The van der Waals surface area contributed by atoms with Gasteiger partial charge in [0.1, 0.15) is 6.61 Å². The molecule has 1 aromatic carbocycles. The van der Waals surface area contributed by atoms with Gasteiger partial charge in [0.2, 0.25) is 0 Å². The van der Waals surface area contributed by atoms with Gasteiger partial charge in [0, 0.05) is 18.5 Å². The van der Waals surface area contributed by atoms with E-state index in [1.807, 2.05) is 37.4 Å². The fourth-order valence-corrected chi connectivity index (χ4v) is 1.60. The summed E-state index contributed by atoms with van der Waals surface area (Å²) in [5.74, 6) is -0.119. The molecule has 0 atom stereocenters. The Labute approximate surface area is 116 Å². The first kappa shape index (κ1) is 15.7. The summed E-state index contributed by atoms with van der Waals surface area (Å²) in [6.45, 7) is 7.65. The lowest BCUT2D eigenvalue weighted by Gasteiger charge is -2.31. The Morgan fingerprint density at radius 2 is 1.84 bits per heavy atom. The Kier molecular flexibility index (Phi) is 6.03. The molecule has 1 aromatic rings. The monoisotopic (exact) mass is 263 g/mol.